The number of rotatable bonds is 3. The average molecular weight is 246 g/mol. The summed E-state index contributed by atoms with van der Waals surface area (Å²) in [5.41, 5.74) is 7.72. The maximum absolute atomic E-state index is 11.1. The smallest absolute Gasteiger partial charge is 0.295 e. The summed E-state index contributed by atoms with van der Waals surface area (Å²) < 4.78 is 5.52. The van der Waals surface area contributed by atoms with Gasteiger partial charge in [-0.2, -0.15) is 4.98 Å². The van der Waals surface area contributed by atoms with Crippen LogP contribution in [0, 0.1) is 0 Å². The van der Waals surface area contributed by atoms with Crippen molar-refractivity contribution in [2.45, 2.75) is 18.9 Å². The Morgan fingerprint density at radius 1 is 1.56 bits per heavy atom. The number of nitrogens with two attached hydrogens (primary N) is 1. The quantitative estimate of drug-likeness (QED) is 0.705. The summed E-state index contributed by atoms with van der Waals surface area (Å²) in [6.45, 7) is 0.610. The molecule has 2 heterocycles. The van der Waals surface area contributed by atoms with Crippen molar-refractivity contribution in [3.63, 3.8) is 0 Å². The molecule has 1 aromatic carbocycles. The highest BCUT2D eigenvalue weighted by Crippen LogP contribution is 2.23. The summed E-state index contributed by atoms with van der Waals surface area (Å²) in [5, 5.41) is 5.95. The minimum atomic E-state index is 0.101. The van der Waals surface area contributed by atoms with Crippen molar-refractivity contribution < 1.29 is 9.21 Å². The summed E-state index contributed by atoms with van der Waals surface area (Å²) in [5.74, 6) is 0.101. The van der Waals surface area contributed by atoms with Crippen molar-refractivity contribution in [1.29, 1.82) is 0 Å². The van der Waals surface area contributed by atoms with Crippen LogP contribution in [0.4, 0.5) is 11.7 Å². The lowest BCUT2D eigenvalue weighted by atomic mass is 10.2. The Kier molecular flexibility index (Phi) is 2.55. The summed E-state index contributed by atoms with van der Waals surface area (Å²) in [6, 6.07) is 6.01. The van der Waals surface area contributed by atoms with E-state index in [4.69, 9.17) is 10.2 Å². The second kappa shape index (κ2) is 4.21. The molecule has 3 rings (SSSR count). The first-order chi connectivity index (χ1) is 8.72. The van der Waals surface area contributed by atoms with E-state index in [1.165, 1.54) is 0 Å². The van der Waals surface area contributed by atoms with Crippen LogP contribution in [0.5, 0.6) is 0 Å². The normalized spacial score (nSPS) is 19.1. The molecule has 0 bridgehead atoms. The molecule has 0 radical (unpaired) electrons. The Bertz CT molecular complexity index is 593. The first kappa shape index (κ1) is 10.9. The third kappa shape index (κ3) is 1.97. The number of para-hydroxylation sites is 1. The minimum Gasteiger partial charge on any atom is -0.423 e. The van der Waals surface area contributed by atoms with Gasteiger partial charge in [-0.25, -0.2) is 0 Å². The number of aromatic nitrogens is 1. The highest BCUT2D eigenvalue weighted by atomic mass is 16.4. The molecule has 1 aliphatic rings. The number of nitrogens with zero attached hydrogens (tertiary/aromatic N) is 1. The molecule has 0 aliphatic carbocycles. The van der Waals surface area contributed by atoms with Crippen LogP contribution in [0.3, 0.4) is 0 Å². The van der Waals surface area contributed by atoms with E-state index in [0.29, 0.717) is 35.8 Å². The van der Waals surface area contributed by atoms with E-state index < -0.39 is 0 Å². The van der Waals surface area contributed by atoms with E-state index in [-0.39, 0.29) is 11.9 Å². The molecule has 1 aromatic heterocycles. The number of carbonyl (C=O) groups excluding carboxylic acids is 1. The zero-order valence-corrected chi connectivity index (χ0v) is 9.77. The molecule has 4 N–H and O–H groups in total. The third-order valence-electron chi connectivity index (χ3n) is 3.03. The highest BCUT2D eigenvalue weighted by molar-refractivity contribution is 5.86. The molecule has 94 valence electrons. The molecule has 0 saturated carbocycles. The van der Waals surface area contributed by atoms with Crippen molar-refractivity contribution in [2.75, 3.05) is 17.6 Å². The molecule has 0 spiro atoms. The van der Waals surface area contributed by atoms with Gasteiger partial charge in [0.25, 0.3) is 6.01 Å². The molecule has 1 saturated heterocycles. The predicted octanol–water partition coefficient (Wildman–Crippen LogP) is 1.10. The fourth-order valence-electron chi connectivity index (χ4n) is 2.09. The summed E-state index contributed by atoms with van der Waals surface area (Å²) in [7, 11) is 0. The summed E-state index contributed by atoms with van der Waals surface area (Å²) in [4.78, 5) is 15.3. The summed E-state index contributed by atoms with van der Waals surface area (Å²) in [6.07, 6.45) is 1.43. The van der Waals surface area contributed by atoms with Crippen molar-refractivity contribution >= 4 is 28.7 Å². The number of amides is 1. The van der Waals surface area contributed by atoms with Crippen molar-refractivity contribution in [1.82, 2.24) is 10.3 Å². The predicted molar refractivity (Wildman–Crippen MR) is 68.1 cm³/mol. The lowest BCUT2D eigenvalue weighted by Crippen LogP contribution is -2.31. The Hall–Kier alpha value is -2.24. The van der Waals surface area contributed by atoms with Crippen molar-refractivity contribution in [2.24, 2.45) is 0 Å². The number of benzene rings is 1. The van der Waals surface area contributed by atoms with Gasteiger partial charge < -0.3 is 20.8 Å². The molecule has 1 aliphatic heterocycles. The highest BCUT2D eigenvalue weighted by Gasteiger charge is 2.20. The van der Waals surface area contributed by atoms with Crippen LogP contribution in [-0.2, 0) is 4.79 Å². The van der Waals surface area contributed by atoms with Gasteiger partial charge in [0.15, 0.2) is 5.58 Å². The number of fused-ring (bicyclic) bond motifs is 1. The monoisotopic (exact) mass is 246 g/mol. The molecule has 6 heteroatoms. The zero-order valence-electron chi connectivity index (χ0n) is 9.77. The number of anilines is 2. The number of carbonyl (C=O) groups is 1. The average Bonchev–Trinajstić information content (AvgIpc) is 2.93. The van der Waals surface area contributed by atoms with Gasteiger partial charge in [-0.1, -0.05) is 6.07 Å². The van der Waals surface area contributed by atoms with Gasteiger partial charge in [-0.05, 0) is 18.6 Å². The van der Waals surface area contributed by atoms with E-state index in [1.807, 2.05) is 12.1 Å². The molecule has 1 unspecified atom stereocenters. The number of hydrogen-bond donors (Lipinski definition) is 3. The first-order valence-corrected chi connectivity index (χ1v) is 5.90. The molecule has 1 atom stereocenters. The number of hydrogen-bond acceptors (Lipinski definition) is 5. The lowest BCUT2D eigenvalue weighted by Gasteiger charge is -2.08. The third-order valence-corrected chi connectivity index (χ3v) is 3.03. The topological polar surface area (TPSA) is 93.2 Å². The fourth-order valence-corrected chi connectivity index (χ4v) is 2.09. The van der Waals surface area contributed by atoms with Crippen molar-refractivity contribution in [3.05, 3.63) is 18.2 Å². The van der Waals surface area contributed by atoms with Crippen LogP contribution >= 0.6 is 0 Å². The molecule has 1 fully saturated rings. The number of oxazole rings is 1. The first-order valence-electron chi connectivity index (χ1n) is 5.90. The van der Waals surface area contributed by atoms with Gasteiger partial charge >= 0.3 is 0 Å². The Labute approximate surface area is 104 Å². The van der Waals surface area contributed by atoms with Gasteiger partial charge in [0.05, 0.1) is 5.69 Å². The van der Waals surface area contributed by atoms with Crippen LogP contribution in [0.15, 0.2) is 22.6 Å². The van der Waals surface area contributed by atoms with E-state index in [9.17, 15) is 4.79 Å². The maximum Gasteiger partial charge on any atom is 0.295 e. The van der Waals surface area contributed by atoms with Crippen LogP contribution in [0.1, 0.15) is 12.8 Å². The van der Waals surface area contributed by atoms with Gasteiger partial charge in [0.2, 0.25) is 5.91 Å². The standard InChI is InChI=1S/C12H14N4O2/c13-8-2-1-3-9-11(8)16-12(18-9)14-6-7-4-5-10(17)15-7/h1-3,7H,4-6,13H2,(H,14,16)(H,15,17). The van der Waals surface area contributed by atoms with Crippen molar-refractivity contribution in [3.8, 4) is 0 Å². The molecule has 6 nitrogen and oxygen atoms in total. The van der Waals surface area contributed by atoms with E-state index in [2.05, 4.69) is 15.6 Å². The molecule has 2 aromatic rings. The van der Waals surface area contributed by atoms with Crippen LogP contribution in [0.2, 0.25) is 0 Å². The minimum absolute atomic E-state index is 0.101. The van der Waals surface area contributed by atoms with Gasteiger partial charge in [-0.3, -0.25) is 4.79 Å². The number of nitrogen functional groups attached to an aromatic ring is 1. The Balaban J connectivity index is 1.71. The second-order valence-electron chi connectivity index (χ2n) is 4.40. The lowest BCUT2D eigenvalue weighted by molar-refractivity contribution is -0.119. The largest absolute Gasteiger partial charge is 0.423 e. The molecule has 18 heavy (non-hydrogen) atoms. The van der Waals surface area contributed by atoms with Crippen LogP contribution in [0.25, 0.3) is 11.1 Å². The molecular formula is C12H14N4O2. The second-order valence-corrected chi connectivity index (χ2v) is 4.40. The molecule has 1 amide bonds. The maximum atomic E-state index is 11.1. The van der Waals surface area contributed by atoms with Gasteiger partial charge in [-0.15, -0.1) is 0 Å². The SMILES string of the molecule is Nc1cccc2oc(NCC3CCC(=O)N3)nc12. The van der Waals surface area contributed by atoms with E-state index in [0.717, 1.165) is 6.42 Å². The summed E-state index contributed by atoms with van der Waals surface area (Å²) >= 11 is 0. The van der Waals surface area contributed by atoms with Gasteiger partial charge in [0, 0.05) is 19.0 Å². The zero-order chi connectivity index (χ0) is 12.5. The number of nitrogens with one attached hydrogen (secondary N) is 2. The van der Waals surface area contributed by atoms with Crippen LogP contribution in [-0.4, -0.2) is 23.5 Å². The van der Waals surface area contributed by atoms with E-state index >= 15 is 0 Å². The van der Waals surface area contributed by atoms with Crippen LogP contribution < -0.4 is 16.4 Å². The molecular weight excluding hydrogens is 232 g/mol. The fraction of sp³-hybridized carbons (Fsp3) is 0.333. The van der Waals surface area contributed by atoms with Gasteiger partial charge in [0.1, 0.15) is 5.52 Å². The Morgan fingerprint density at radius 3 is 3.17 bits per heavy atom. The Morgan fingerprint density at radius 2 is 2.44 bits per heavy atom. The van der Waals surface area contributed by atoms with E-state index in [1.54, 1.807) is 6.07 Å².